The first kappa shape index (κ1) is 24.1. The zero-order valence-electron chi connectivity index (χ0n) is 18.9. The van der Waals surface area contributed by atoms with Crippen LogP contribution in [0.3, 0.4) is 0 Å². The highest BCUT2D eigenvalue weighted by molar-refractivity contribution is 7.92. The standard InChI is InChI=1S/C23H28N6O3S/c1-16(2)33(31,32)19-6-4-18(5-7-19)15-23(30)26-13-12-25-20-8-9-21(29-28-20)27-22-14-17(3)10-11-24-22/h4-11,14,16H,12-13,15H2,1-3H3,(H,25,28)(H,26,30)(H,24,27,29). The molecule has 33 heavy (non-hydrogen) atoms. The Labute approximate surface area is 194 Å². The zero-order valence-corrected chi connectivity index (χ0v) is 19.7. The van der Waals surface area contributed by atoms with Crippen molar-refractivity contribution in [2.45, 2.75) is 37.3 Å². The van der Waals surface area contributed by atoms with Gasteiger partial charge in [0.15, 0.2) is 15.7 Å². The summed E-state index contributed by atoms with van der Waals surface area (Å²) in [7, 11) is -3.31. The molecule has 3 rings (SSSR count). The Morgan fingerprint density at radius 1 is 0.939 bits per heavy atom. The fourth-order valence-corrected chi connectivity index (χ4v) is 4.00. The first-order chi connectivity index (χ1) is 15.7. The molecule has 0 bridgehead atoms. The van der Waals surface area contributed by atoms with E-state index in [-0.39, 0.29) is 17.2 Å². The lowest BCUT2D eigenvalue weighted by atomic mass is 10.1. The summed E-state index contributed by atoms with van der Waals surface area (Å²) in [4.78, 5) is 16.6. The molecule has 0 saturated carbocycles. The smallest absolute Gasteiger partial charge is 0.224 e. The number of sulfone groups is 1. The summed E-state index contributed by atoms with van der Waals surface area (Å²) in [6, 6.07) is 13.9. The van der Waals surface area contributed by atoms with Crippen LogP contribution in [0, 0.1) is 6.92 Å². The Hall–Kier alpha value is -3.53. The minimum atomic E-state index is -3.31. The van der Waals surface area contributed by atoms with Gasteiger partial charge in [-0.25, -0.2) is 13.4 Å². The Bertz CT molecular complexity index is 1180. The maximum absolute atomic E-state index is 12.2. The zero-order chi connectivity index (χ0) is 23.8. The summed E-state index contributed by atoms with van der Waals surface area (Å²) >= 11 is 0. The minimum absolute atomic E-state index is 0.146. The first-order valence-electron chi connectivity index (χ1n) is 10.6. The Balaban J connectivity index is 1.40. The number of carbonyl (C=O) groups is 1. The third-order valence-electron chi connectivity index (χ3n) is 4.83. The number of hydrogen-bond donors (Lipinski definition) is 3. The molecule has 0 spiro atoms. The van der Waals surface area contributed by atoms with Crippen molar-refractivity contribution in [2.24, 2.45) is 0 Å². The number of aryl methyl sites for hydroxylation is 1. The number of anilines is 3. The van der Waals surface area contributed by atoms with Gasteiger partial charge in [-0.1, -0.05) is 12.1 Å². The summed E-state index contributed by atoms with van der Waals surface area (Å²) in [5.74, 6) is 1.73. The lowest BCUT2D eigenvalue weighted by Crippen LogP contribution is -2.30. The summed E-state index contributed by atoms with van der Waals surface area (Å²) in [6.45, 7) is 6.17. The normalized spacial score (nSPS) is 11.3. The molecule has 0 radical (unpaired) electrons. The van der Waals surface area contributed by atoms with Gasteiger partial charge in [0.25, 0.3) is 0 Å². The van der Waals surface area contributed by atoms with Gasteiger partial charge in [0.1, 0.15) is 11.6 Å². The lowest BCUT2D eigenvalue weighted by molar-refractivity contribution is -0.120. The number of pyridine rings is 1. The van der Waals surface area contributed by atoms with Crippen molar-refractivity contribution in [3.8, 4) is 0 Å². The van der Waals surface area contributed by atoms with Crippen LogP contribution in [-0.2, 0) is 21.1 Å². The van der Waals surface area contributed by atoms with Crippen LogP contribution >= 0.6 is 0 Å². The Morgan fingerprint density at radius 3 is 2.27 bits per heavy atom. The number of aromatic nitrogens is 3. The van der Waals surface area contributed by atoms with Gasteiger partial charge in [0.2, 0.25) is 5.91 Å². The summed E-state index contributed by atoms with van der Waals surface area (Å²) in [6.07, 6.45) is 1.90. The van der Waals surface area contributed by atoms with Crippen molar-refractivity contribution in [2.75, 3.05) is 23.7 Å². The summed E-state index contributed by atoms with van der Waals surface area (Å²) in [5.41, 5.74) is 1.84. The Kier molecular flexibility index (Phi) is 7.94. The third-order valence-corrected chi connectivity index (χ3v) is 7.00. The molecular weight excluding hydrogens is 440 g/mol. The van der Waals surface area contributed by atoms with Gasteiger partial charge in [-0.15, -0.1) is 10.2 Å². The van der Waals surface area contributed by atoms with Gasteiger partial charge in [0, 0.05) is 19.3 Å². The van der Waals surface area contributed by atoms with Gasteiger partial charge in [0.05, 0.1) is 16.6 Å². The average molecular weight is 469 g/mol. The SMILES string of the molecule is Cc1ccnc(Nc2ccc(NCCNC(=O)Cc3ccc(S(=O)(=O)C(C)C)cc3)nn2)c1. The van der Waals surface area contributed by atoms with Crippen LogP contribution in [0.2, 0.25) is 0 Å². The van der Waals surface area contributed by atoms with Crippen LogP contribution < -0.4 is 16.0 Å². The van der Waals surface area contributed by atoms with Gasteiger partial charge >= 0.3 is 0 Å². The number of rotatable bonds is 10. The number of hydrogen-bond acceptors (Lipinski definition) is 8. The lowest BCUT2D eigenvalue weighted by Gasteiger charge is -2.10. The molecule has 1 aromatic carbocycles. The predicted molar refractivity (Wildman–Crippen MR) is 128 cm³/mol. The fraction of sp³-hybridized carbons (Fsp3) is 0.304. The van der Waals surface area contributed by atoms with Crippen molar-refractivity contribution in [1.82, 2.24) is 20.5 Å². The predicted octanol–water partition coefficient (Wildman–Crippen LogP) is 2.88. The number of carbonyl (C=O) groups excluding carboxylic acids is 1. The Morgan fingerprint density at radius 2 is 1.64 bits per heavy atom. The molecule has 1 amide bonds. The molecular formula is C23H28N6O3S. The minimum Gasteiger partial charge on any atom is -0.367 e. The molecule has 0 aliphatic rings. The van der Waals surface area contributed by atoms with Crippen molar-refractivity contribution in [3.05, 3.63) is 65.9 Å². The number of benzene rings is 1. The molecule has 174 valence electrons. The van der Waals surface area contributed by atoms with Crippen LogP contribution in [0.4, 0.5) is 17.5 Å². The van der Waals surface area contributed by atoms with Crippen LogP contribution in [0.15, 0.2) is 59.6 Å². The highest BCUT2D eigenvalue weighted by Crippen LogP contribution is 2.17. The van der Waals surface area contributed by atoms with Crippen LogP contribution in [0.1, 0.15) is 25.0 Å². The highest BCUT2D eigenvalue weighted by atomic mass is 32.2. The fourth-order valence-electron chi connectivity index (χ4n) is 2.94. The molecule has 2 aromatic heterocycles. The van der Waals surface area contributed by atoms with Crippen LogP contribution in [-0.4, -0.2) is 47.8 Å². The second kappa shape index (κ2) is 10.9. The molecule has 0 aliphatic heterocycles. The topological polar surface area (TPSA) is 126 Å². The molecule has 0 unspecified atom stereocenters. The second-order valence-corrected chi connectivity index (χ2v) is 10.3. The monoisotopic (exact) mass is 468 g/mol. The molecule has 2 heterocycles. The largest absolute Gasteiger partial charge is 0.367 e. The van der Waals surface area contributed by atoms with E-state index in [1.165, 1.54) is 0 Å². The molecule has 0 fully saturated rings. The molecule has 10 heteroatoms. The van der Waals surface area contributed by atoms with E-state index in [0.717, 1.165) is 11.1 Å². The average Bonchev–Trinajstić information content (AvgIpc) is 2.78. The van der Waals surface area contributed by atoms with E-state index in [0.29, 0.717) is 30.5 Å². The summed E-state index contributed by atoms with van der Waals surface area (Å²) in [5, 5.41) is 16.8. The molecule has 9 nitrogen and oxygen atoms in total. The quantitative estimate of drug-likeness (QED) is 0.388. The third kappa shape index (κ3) is 6.98. The first-order valence-corrected chi connectivity index (χ1v) is 12.2. The second-order valence-electron chi connectivity index (χ2n) is 7.84. The van der Waals surface area contributed by atoms with Crippen LogP contribution in [0.25, 0.3) is 0 Å². The molecule has 0 saturated heterocycles. The van der Waals surface area contributed by atoms with E-state index in [1.807, 2.05) is 19.1 Å². The molecule has 3 N–H and O–H groups in total. The van der Waals surface area contributed by atoms with Gasteiger partial charge in [-0.3, -0.25) is 4.79 Å². The van der Waals surface area contributed by atoms with E-state index in [4.69, 9.17) is 0 Å². The maximum atomic E-state index is 12.2. The van der Waals surface area contributed by atoms with E-state index in [1.54, 1.807) is 56.4 Å². The van der Waals surface area contributed by atoms with E-state index in [2.05, 4.69) is 31.1 Å². The van der Waals surface area contributed by atoms with Crippen molar-refractivity contribution in [3.63, 3.8) is 0 Å². The summed E-state index contributed by atoms with van der Waals surface area (Å²) < 4.78 is 24.3. The van der Waals surface area contributed by atoms with E-state index < -0.39 is 15.1 Å². The molecule has 3 aromatic rings. The number of nitrogens with zero attached hydrogens (tertiary/aromatic N) is 3. The number of nitrogens with one attached hydrogen (secondary N) is 3. The van der Waals surface area contributed by atoms with Crippen molar-refractivity contribution >= 4 is 33.2 Å². The highest BCUT2D eigenvalue weighted by Gasteiger charge is 2.18. The molecule has 0 atom stereocenters. The van der Waals surface area contributed by atoms with E-state index in [9.17, 15) is 13.2 Å². The van der Waals surface area contributed by atoms with Crippen molar-refractivity contribution in [1.29, 1.82) is 0 Å². The van der Waals surface area contributed by atoms with Crippen molar-refractivity contribution < 1.29 is 13.2 Å². The van der Waals surface area contributed by atoms with E-state index >= 15 is 0 Å². The van der Waals surface area contributed by atoms with Gasteiger partial charge < -0.3 is 16.0 Å². The molecule has 0 aliphatic carbocycles. The van der Waals surface area contributed by atoms with Gasteiger partial charge in [-0.2, -0.15) is 0 Å². The van der Waals surface area contributed by atoms with Crippen LogP contribution in [0.5, 0.6) is 0 Å². The number of amides is 1. The maximum Gasteiger partial charge on any atom is 0.224 e. The van der Waals surface area contributed by atoms with Gasteiger partial charge in [-0.05, 0) is 68.3 Å².